The number of aryl methyl sites for hydroxylation is 1. The van der Waals surface area contributed by atoms with E-state index in [1.54, 1.807) is 19.2 Å². The maximum atomic E-state index is 11.5. The minimum atomic E-state index is -1.25. The molecule has 0 radical (unpaired) electrons. The minimum absolute atomic E-state index is 0.163. The lowest BCUT2D eigenvalue weighted by Crippen LogP contribution is -2.43. The molecule has 6 heteroatoms. The number of carbonyl (C=O) groups excluding carboxylic acids is 1. The first-order valence-electron chi connectivity index (χ1n) is 5.82. The van der Waals surface area contributed by atoms with E-state index >= 15 is 0 Å². The van der Waals surface area contributed by atoms with Gasteiger partial charge < -0.3 is 20.3 Å². The number of aliphatic hydroxyl groups is 1. The number of hydrogen-bond donors (Lipinski definition) is 3. The fourth-order valence-corrected chi connectivity index (χ4v) is 1.50. The van der Waals surface area contributed by atoms with Crippen LogP contribution in [-0.4, -0.2) is 41.8 Å². The van der Waals surface area contributed by atoms with Gasteiger partial charge in [0.1, 0.15) is 11.8 Å². The van der Waals surface area contributed by atoms with Crippen LogP contribution in [0.1, 0.15) is 12.0 Å². The number of aliphatic hydroxyl groups excluding tert-OH is 1. The van der Waals surface area contributed by atoms with E-state index in [0.717, 1.165) is 11.3 Å². The number of nitrogens with one attached hydrogen (secondary N) is 1. The molecule has 0 aromatic heterocycles. The first-order valence-corrected chi connectivity index (χ1v) is 5.82. The lowest BCUT2D eigenvalue weighted by atomic mass is 10.1. The molecule has 1 aromatic carbocycles. The SMILES string of the molecule is COc1ccc(CCC(=O)NC(CO)C(=O)O)cc1. The predicted octanol–water partition coefficient (Wildman–Crippen LogP) is 0.189. The van der Waals surface area contributed by atoms with Gasteiger partial charge in [-0.05, 0) is 24.1 Å². The molecule has 104 valence electrons. The standard InChI is InChI=1S/C13H17NO5/c1-19-10-5-2-9(3-6-10)4-7-12(16)14-11(8-15)13(17)18/h2-3,5-6,11,15H,4,7-8H2,1H3,(H,14,16)(H,17,18). The molecule has 0 saturated heterocycles. The maximum absolute atomic E-state index is 11.5. The fourth-order valence-electron chi connectivity index (χ4n) is 1.50. The van der Waals surface area contributed by atoms with Gasteiger partial charge >= 0.3 is 5.97 Å². The third kappa shape index (κ3) is 4.97. The van der Waals surface area contributed by atoms with Crippen molar-refractivity contribution in [1.29, 1.82) is 0 Å². The third-order valence-electron chi connectivity index (χ3n) is 2.62. The number of hydrogen-bond acceptors (Lipinski definition) is 4. The second-order valence-electron chi connectivity index (χ2n) is 3.99. The quantitative estimate of drug-likeness (QED) is 0.655. The van der Waals surface area contributed by atoms with Crippen molar-refractivity contribution in [2.75, 3.05) is 13.7 Å². The summed E-state index contributed by atoms with van der Waals surface area (Å²) in [5.41, 5.74) is 0.951. The van der Waals surface area contributed by atoms with Gasteiger partial charge in [-0.1, -0.05) is 12.1 Å². The van der Waals surface area contributed by atoms with Crippen molar-refractivity contribution < 1.29 is 24.5 Å². The van der Waals surface area contributed by atoms with Crippen molar-refractivity contribution in [1.82, 2.24) is 5.32 Å². The van der Waals surface area contributed by atoms with E-state index in [9.17, 15) is 9.59 Å². The number of aliphatic carboxylic acids is 1. The van der Waals surface area contributed by atoms with Gasteiger partial charge in [0.2, 0.25) is 5.91 Å². The lowest BCUT2D eigenvalue weighted by Gasteiger charge is -2.11. The Hall–Kier alpha value is -2.08. The monoisotopic (exact) mass is 267 g/mol. The molecule has 3 N–H and O–H groups in total. The van der Waals surface area contributed by atoms with Crippen LogP contribution in [0.2, 0.25) is 0 Å². The van der Waals surface area contributed by atoms with Crippen molar-refractivity contribution in [3.8, 4) is 5.75 Å². The Labute approximate surface area is 111 Å². The average molecular weight is 267 g/mol. The van der Waals surface area contributed by atoms with Crippen LogP contribution in [0.25, 0.3) is 0 Å². The smallest absolute Gasteiger partial charge is 0.328 e. The highest BCUT2D eigenvalue weighted by Crippen LogP contribution is 2.12. The number of carboxylic acids is 1. The molecule has 0 aliphatic rings. The van der Waals surface area contributed by atoms with Gasteiger partial charge in [-0.2, -0.15) is 0 Å². The first-order chi connectivity index (χ1) is 9.06. The van der Waals surface area contributed by atoms with Gasteiger partial charge in [-0.3, -0.25) is 4.79 Å². The molecule has 1 amide bonds. The fraction of sp³-hybridized carbons (Fsp3) is 0.385. The molecule has 0 aliphatic heterocycles. The average Bonchev–Trinajstić information content (AvgIpc) is 2.42. The summed E-state index contributed by atoms with van der Waals surface area (Å²) >= 11 is 0. The highest BCUT2D eigenvalue weighted by molar-refractivity contribution is 5.83. The summed E-state index contributed by atoms with van der Waals surface area (Å²) in [6.07, 6.45) is 0.656. The largest absolute Gasteiger partial charge is 0.497 e. The maximum Gasteiger partial charge on any atom is 0.328 e. The van der Waals surface area contributed by atoms with Crippen LogP contribution < -0.4 is 10.1 Å². The first kappa shape index (κ1) is 15.0. The van der Waals surface area contributed by atoms with Crippen molar-refractivity contribution >= 4 is 11.9 Å². The zero-order chi connectivity index (χ0) is 14.3. The van der Waals surface area contributed by atoms with Gasteiger partial charge in [0.25, 0.3) is 0 Å². The molecule has 1 atom stereocenters. The van der Waals surface area contributed by atoms with Crippen LogP contribution in [0.3, 0.4) is 0 Å². The summed E-state index contributed by atoms with van der Waals surface area (Å²) in [6, 6.07) is 6.02. The van der Waals surface area contributed by atoms with E-state index in [4.69, 9.17) is 14.9 Å². The van der Waals surface area contributed by atoms with E-state index in [-0.39, 0.29) is 6.42 Å². The zero-order valence-corrected chi connectivity index (χ0v) is 10.6. The van der Waals surface area contributed by atoms with E-state index in [2.05, 4.69) is 5.32 Å². The zero-order valence-electron chi connectivity index (χ0n) is 10.6. The van der Waals surface area contributed by atoms with Crippen LogP contribution in [0.15, 0.2) is 24.3 Å². The Morgan fingerprint density at radius 1 is 1.32 bits per heavy atom. The molecule has 0 spiro atoms. The Bertz CT molecular complexity index is 429. The predicted molar refractivity (Wildman–Crippen MR) is 68.0 cm³/mol. The van der Waals surface area contributed by atoms with Gasteiger partial charge in [-0.15, -0.1) is 0 Å². The van der Waals surface area contributed by atoms with Crippen LogP contribution in [0, 0.1) is 0 Å². The van der Waals surface area contributed by atoms with Crippen LogP contribution >= 0.6 is 0 Å². The minimum Gasteiger partial charge on any atom is -0.497 e. The number of carbonyl (C=O) groups is 2. The summed E-state index contributed by atoms with van der Waals surface area (Å²) in [6.45, 7) is -0.621. The highest BCUT2D eigenvalue weighted by Gasteiger charge is 2.18. The Balaban J connectivity index is 2.42. The lowest BCUT2D eigenvalue weighted by molar-refractivity contribution is -0.142. The highest BCUT2D eigenvalue weighted by atomic mass is 16.5. The van der Waals surface area contributed by atoms with Crippen LogP contribution in [0.5, 0.6) is 5.75 Å². The van der Waals surface area contributed by atoms with E-state index in [1.165, 1.54) is 0 Å². The Kier molecular flexibility index (Phi) is 5.81. The molecule has 0 heterocycles. The van der Waals surface area contributed by atoms with Crippen LogP contribution in [-0.2, 0) is 16.0 Å². The van der Waals surface area contributed by atoms with Gasteiger partial charge in [0, 0.05) is 6.42 Å². The van der Waals surface area contributed by atoms with Crippen LogP contribution in [0.4, 0.5) is 0 Å². The molecular weight excluding hydrogens is 250 g/mol. The molecular formula is C13H17NO5. The Morgan fingerprint density at radius 2 is 1.95 bits per heavy atom. The summed E-state index contributed by atoms with van der Waals surface area (Å²) in [4.78, 5) is 22.1. The molecule has 1 rings (SSSR count). The number of rotatable bonds is 7. The molecule has 0 saturated carbocycles. The number of ether oxygens (including phenoxy) is 1. The van der Waals surface area contributed by atoms with Crippen molar-refractivity contribution in [3.05, 3.63) is 29.8 Å². The van der Waals surface area contributed by atoms with Gasteiger partial charge in [0.15, 0.2) is 0 Å². The van der Waals surface area contributed by atoms with E-state index in [1.807, 2.05) is 12.1 Å². The molecule has 1 unspecified atom stereocenters. The number of carboxylic acid groups (broad SMARTS) is 1. The molecule has 0 bridgehead atoms. The summed E-state index contributed by atoms with van der Waals surface area (Å²) in [5, 5.41) is 19.7. The number of methoxy groups -OCH3 is 1. The van der Waals surface area contributed by atoms with Gasteiger partial charge in [0.05, 0.1) is 13.7 Å². The van der Waals surface area contributed by atoms with Crippen molar-refractivity contribution in [2.45, 2.75) is 18.9 Å². The summed E-state index contributed by atoms with van der Waals surface area (Å²) < 4.78 is 5.02. The number of amides is 1. The van der Waals surface area contributed by atoms with Crippen molar-refractivity contribution in [2.24, 2.45) is 0 Å². The second kappa shape index (κ2) is 7.38. The van der Waals surface area contributed by atoms with Gasteiger partial charge in [-0.25, -0.2) is 4.79 Å². The normalized spacial score (nSPS) is 11.7. The molecule has 0 fully saturated rings. The topological polar surface area (TPSA) is 95.9 Å². The summed E-state index contributed by atoms with van der Waals surface area (Å²) in [7, 11) is 1.57. The molecule has 1 aromatic rings. The van der Waals surface area contributed by atoms with E-state index in [0.29, 0.717) is 6.42 Å². The second-order valence-corrected chi connectivity index (χ2v) is 3.99. The number of benzene rings is 1. The summed E-state index contributed by atoms with van der Waals surface area (Å²) in [5.74, 6) is -0.919. The Morgan fingerprint density at radius 3 is 2.42 bits per heavy atom. The molecule has 6 nitrogen and oxygen atoms in total. The van der Waals surface area contributed by atoms with Crippen molar-refractivity contribution in [3.63, 3.8) is 0 Å². The molecule has 0 aliphatic carbocycles. The third-order valence-corrected chi connectivity index (χ3v) is 2.62. The van der Waals surface area contributed by atoms with E-state index < -0.39 is 24.5 Å². The molecule has 19 heavy (non-hydrogen) atoms.